The van der Waals surface area contributed by atoms with E-state index in [1.807, 2.05) is 0 Å². The molecule has 2 unspecified atom stereocenters. The molecular formula is C9H12N2O4S2. The number of nitrogens with one attached hydrogen (secondary N) is 1. The lowest BCUT2D eigenvalue weighted by Gasteiger charge is -2.10. The first-order valence-corrected chi connectivity index (χ1v) is 7.30. The van der Waals surface area contributed by atoms with Crippen LogP contribution in [0.15, 0.2) is 5.38 Å². The van der Waals surface area contributed by atoms with Gasteiger partial charge in [-0.2, -0.15) is 0 Å². The molecule has 0 saturated carbocycles. The molecule has 8 heteroatoms. The highest BCUT2D eigenvalue weighted by molar-refractivity contribution is 7.84. The van der Waals surface area contributed by atoms with Gasteiger partial charge in [0.1, 0.15) is 0 Å². The molecule has 17 heavy (non-hydrogen) atoms. The predicted octanol–water partition coefficient (Wildman–Crippen LogP) is 0.338. The van der Waals surface area contributed by atoms with E-state index in [1.54, 1.807) is 13.2 Å². The van der Waals surface area contributed by atoms with E-state index in [-0.39, 0.29) is 16.7 Å². The van der Waals surface area contributed by atoms with Crippen LogP contribution in [0.2, 0.25) is 0 Å². The minimum Gasteiger partial charge on any atom is -0.476 e. The first-order chi connectivity index (χ1) is 7.90. The zero-order chi connectivity index (χ0) is 13.0. The maximum absolute atomic E-state index is 11.6. The number of hydrogen-bond acceptors (Lipinski definition) is 5. The van der Waals surface area contributed by atoms with E-state index >= 15 is 0 Å². The summed E-state index contributed by atoms with van der Waals surface area (Å²) in [6.07, 6.45) is 1.55. The molecule has 0 aliphatic heterocycles. The smallest absolute Gasteiger partial charge is 0.355 e. The number of carbonyl (C=O) groups is 2. The van der Waals surface area contributed by atoms with Crippen molar-refractivity contribution in [3.05, 3.63) is 16.1 Å². The van der Waals surface area contributed by atoms with Crippen molar-refractivity contribution in [2.45, 2.75) is 13.0 Å². The Morgan fingerprint density at radius 1 is 1.65 bits per heavy atom. The van der Waals surface area contributed by atoms with Crippen molar-refractivity contribution in [2.75, 3.05) is 12.0 Å². The van der Waals surface area contributed by atoms with Crippen LogP contribution in [0.4, 0.5) is 0 Å². The van der Waals surface area contributed by atoms with Crippen molar-refractivity contribution in [1.82, 2.24) is 10.3 Å². The predicted molar refractivity (Wildman–Crippen MR) is 64.9 cm³/mol. The largest absolute Gasteiger partial charge is 0.476 e. The van der Waals surface area contributed by atoms with Crippen LogP contribution in [0.3, 0.4) is 0 Å². The van der Waals surface area contributed by atoms with Crippen molar-refractivity contribution < 1.29 is 18.9 Å². The standard InChI is InChI=1S/C9H12N2O4S2/c1-5(4-17(2)15)10-7(12)8-11-6(3-16-8)9(13)14/h3,5H,4H2,1-2H3,(H,10,12)(H,13,14). The highest BCUT2D eigenvalue weighted by atomic mass is 32.2. The zero-order valence-electron chi connectivity index (χ0n) is 9.30. The summed E-state index contributed by atoms with van der Waals surface area (Å²) in [5, 5.41) is 12.7. The summed E-state index contributed by atoms with van der Waals surface area (Å²) in [5.74, 6) is -1.26. The van der Waals surface area contributed by atoms with Crippen LogP contribution in [0.1, 0.15) is 27.2 Å². The van der Waals surface area contributed by atoms with Crippen LogP contribution < -0.4 is 5.32 Å². The van der Waals surface area contributed by atoms with E-state index in [0.717, 1.165) is 11.3 Å². The van der Waals surface area contributed by atoms with Gasteiger partial charge >= 0.3 is 5.97 Å². The second-order valence-electron chi connectivity index (χ2n) is 3.46. The van der Waals surface area contributed by atoms with Gasteiger partial charge in [-0.3, -0.25) is 9.00 Å². The molecule has 1 aromatic heterocycles. The minimum absolute atomic E-state index is 0.0936. The van der Waals surface area contributed by atoms with Crippen LogP contribution in [0.5, 0.6) is 0 Å². The summed E-state index contributed by atoms with van der Waals surface area (Å²) in [6.45, 7) is 1.73. The van der Waals surface area contributed by atoms with Crippen molar-refractivity contribution >= 4 is 34.0 Å². The van der Waals surface area contributed by atoms with Crippen LogP contribution in [-0.2, 0) is 10.8 Å². The Bertz CT molecular complexity index is 458. The molecule has 6 nitrogen and oxygen atoms in total. The molecule has 1 aromatic rings. The maximum atomic E-state index is 11.6. The van der Waals surface area contributed by atoms with Crippen molar-refractivity contribution in [2.24, 2.45) is 0 Å². The molecule has 0 bridgehead atoms. The quantitative estimate of drug-likeness (QED) is 0.808. The third-order valence-electron chi connectivity index (χ3n) is 1.78. The fourth-order valence-corrected chi connectivity index (χ4v) is 2.64. The Hall–Kier alpha value is -1.28. The van der Waals surface area contributed by atoms with E-state index < -0.39 is 22.7 Å². The molecule has 0 aliphatic carbocycles. The summed E-state index contributed by atoms with van der Waals surface area (Å²) in [5.41, 5.74) is -0.146. The molecule has 0 spiro atoms. The van der Waals surface area contributed by atoms with Crippen LogP contribution >= 0.6 is 11.3 Å². The average molecular weight is 276 g/mol. The number of carboxylic acids is 1. The first kappa shape index (κ1) is 13.8. The Balaban J connectivity index is 2.63. The summed E-state index contributed by atoms with van der Waals surface area (Å²) >= 11 is 0.967. The Labute approximate surface area is 105 Å². The summed E-state index contributed by atoms with van der Waals surface area (Å²) in [4.78, 5) is 25.9. The molecule has 94 valence electrons. The maximum Gasteiger partial charge on any atom is 0.355 e. The molecule has 0 aliphatic rings. The van der Waals surface area contributed by atoms with Crippen molar-refractivity contribution in [3.8, 4) is 0 Å². The second kappa shape index (κ2) is 5.87. The summed E-state index contributed by atoms with van der Waals surface area (Å²) in [7, 11) is -0.996. The summed E-state index contributed by atoms with van der Waals surface area (Å²) < 4.78 is 10.9. The fraction of sp³-hybridized carbons (Fsp3) is 0.444. The van der Waals surface area contributed by atoms with Gasteiger partial charge in [0.25, 0.3) is 5.91 Å². The van der Waals surface area contributed by atoms with Gasteiger partial charge in [0.05, 0.1) is 0 Å². The topological polar surface area (TPSA) is 96.4 Å². The summed E-state index contributed by atoms with van der Waals surface area (Å²) in [6, 6.07) is -0.245. The highest BCUT2D eigenvalue weighted by Crippen LogP contribution is 2.09. The van der Waals surface area contributed by atoms with Gasteiger partial charge in [0.2, 0.25) is 0 Å². The average Bonchev–Trinajstić information content (AvgIpc) is 2.64. The number of amides is 1. The van der Waals surface area contributed by atoms with Crippen LogP contribution in [0, 0.1) is 0 Å². The van der Waals surface area contributed by atoms with Gasteiger partial charge in [-0.25, -0.2) is 9.78 Å². The third kappa shape index (κ3) is 4.23. The number of aromatic nitrogens is 1. The lowest BCUT2D eigenvalue weighted by Crippen LogP contribution is -2.36. The number of hydrogen-bond donors (Lipinski definition) is 2. The van der Waals surface area contributed by atoms with E-state index in [9.17, 15) is 13.8 Å². The molecule has 0 aromatic carbocycles. The normalized spacial score (nSPS) is 14.0. The van der Waals surface area contributed by atoms with E-state index in [2.05, 4.69) is 10.3 Å². The van der Waals surface area contributed by atoms with Gasteiger partial charge in [-0.1, -0.05) is 0 Å². The highest BCUT2D eigenvalue weighted by Gasteiger charge is 2.16. The number of thiazole rings is 1. The van der Waals surface area contributed by atoms with Gasteiger partial charge in [0.15, 0.2) is 10.7 Å². The van der Waals surface area contributed by atoms with Crippen LogP contribution in [0.25, 0.3) is 0 Å². The lowest BCUT2D eigenvalue weighted by atomic mass is 10.4. The Morgan fingerprint density at radius 3 is 2.76 bits per heavy atom. The monoisotopic (exact) mass is 276 g/mol. The zero-order valence-corrected chi connectivity index (χ0v) is 10.9. The van der Waals surface area contributed by atoms with E-state index in [0.29, 0.717) is 5.75 Å². The van der Waals surface area contributed by atoms with Gasteiger partial charge in [-0.15, -0.1) is 11.3 Å². The molecule has 2 atom stereocenters. The van der Waals surface area contributed by atoms with Crippen LogP contribution in [-0.4, -0.2) is 44.2 Å². The SMILES string of the molecule is CC(CS(C)=O)NC(=O)c1nc(C(=O)O)cs1. The lowest BCUT2D eigenvalue weighted by molar-refractivity contribution is 0.0691. The number of carboxylic acid groups (broad SMARTS) is 1. The van der Waals surface area contributed by atoms with Crippen molar-refractivity contribution in [3.63, 3.8) is 0 Å². The minimum atomic E-state index is -1.16. The molecule has 1 amide bonds. The molecule has 1 heterocycles. The Kier molecular flexibility index (Phi) is 4.76. The van der Waals surface area contributed by atoms with E-state index in [1.165, 1.54) is 5.38 Å². The first-order valence-electron chi connectivity index (χ1n) is 4.70. The molecule has 1 rings (SSSR count). The molecule has 0 radical (unpaired) electrons. The number of aromatic carboxylic acids is 1. The van der Waals surface area contributed by atoms with Gasteiger partial charge in [-0.05, 0) is 6.92 Å². The molecular weight excluding hydrogens is 264 g/mol. The molecule has 0 saturated heterocycles. The fourth-order valence-electron chi connectivity index (χ4n) is 1.16. The molecule has 0 fully saturated rings. The number of rotatable bonds is 5. The van der Waals surface area contributed by atoms with E-state index in [4.69, 9.17) is 5.11 Å². The van der Waals surface area contributed by atoms with Crippen molar-refractivity contribution in [1.29, 1.82) is 0 Å². The Morgan fingerprint density at radius 2 is 2.29 bits per heavy atom. The molecule has 2 N–H and O–H groups in total. The third-order valence-corrected chi connectivity index (χ3v) is 3.59. The number of nitrogens with zero attached hydrogens (tertiary/aromatic N) is 1. The number of carbonyl (C=O) groups excluding carboxylic acids is 1. The second-order valence-corrected chi connectivity index (χ2v) is 5.80. The van der Waals surface area contributed by atoms with Gasteiger partial charge in [0, 0.05) is 34.2 Å². The van der Waals surface area contributed by atoms with Gasteiger partial charge < -0.3 is 10.4 Å².